The molecule has 1 N–H and O–H groups in total. The lowest BCUT2D eigenvalue weighted by molar-refractivity contribution is -0.126. The molecule has 2 aliphatic carbocycles. The molecular weight excluding hydrogens is 260 g/mol. The maximum atomic E-state index is 11.6. The molecule has 1 saturated heterocycles. The summed E-state index contributed by atoms with van der Waals surface area (Å²) in [6.45, 7) is 2.43. The molecule has 0 spiro atoms. The monoisotopic (exact) mass is 282 g/mol. The zero-order chi connectivity index (χ0) is 14.4. The SMILES string of the molecule is C[C@]12CC[C@@H]3NC(=O)CC[C@H]3[C@@H]1CC=C2c1cccnc1. The van der Waals surface area contributed by atoms with Gasteiger partial charge in [0.1, 0.15) is 0 Å². The van der Waals surface area contributed by atoms with Crippen LogP contribution in [0, 0.1) is 17.3 Å². The fourth-order valence-electron chi connectivity index (χ4n) is 4.98. The van der Waals surface area contributed by atoms with Crippen LogP contribution in [0.2, 0.25) is 0 Å². The minimum absolute atomic E-state index is 0.248. The summed E-state index contributed by atoms with van der Waals surface area (Å²) in [5.41, 5.74) is 3.02. The highest BCUT2D eigenvalue weighted by molar-refractivity contribution is 5.77. The van der Waals surface area contributed by atoms with Crippen molar-refractivity contribution in [3.05, 3.63) is 36.2 Å². The molecule has 4 rings (SSSR count). The van der Waals surface area contributed by atoms with Crippen molar-refractivity contribution in [3.63, 3.8) is 0 Å². The molecule has 2 heterocycles. The summed E-state index contributed by atoms with van der Waals surface area (Å²) in [6, 6.07) is 4.62. The van der Waals surface area contributed by atoms with Crippen molar-refractivity contribution in [3.8, 4) is 0 Å². The van der Waals surface area contributed by atoms with E-state index >= 15 is 0 Å². The molecule has 21 heavy (non-hydrogen) atoms. The number of carbonyl (C=O) groups excluding carboxylic acids is 1. The van der Waals surface area contributed by atoms with E-state index in [1.54, 1.807) is 0 Å². The Bertz CT molecular complexity index is 594. The Hall–Kier alpha value is -1.64. The molecular formula is C18H22N2O. The number of allylic oxidation sites excluding steroid dienone is 2. The highest BCUT2D eigenvalue weighted by Crippen LogP contribution is 2.59. The van der Waals surface area contributed by atoms with E-state index in [1.165, 1.54) is 17.6 Å². The molecule has 110 valence electrons. The second-order valence-corrected chi connectivity index (χ2v) is 7.03. The number of carbonyl (C=O) groups is 1. The van der Waals surface area contributed by atoms with Gasteiger partial charge in [0.15, 0.2) is 0 Å². The van der Waals surface area contributed by atoms with Gasteiger partial charge in [0, 0.05) is 24.9 Å². The van der Waals surface area contributed by atoms with Gasteiger partial charge in [-0.05, 0) is 60.1 Å². The van der Waals surface area contributed by atoms with Gasteiger partial charge in [-0.25, -0.2) is 0 Å². The molecule has 0 bridgehead atoms. The van der Waals surface area contributed by atoms with Crippen LogP contribution in [-0.2, 0) is 4.79 Å². The van der Waals surface area contributed by atoms with Crippen LogP contribution >= 0.6 is 0 Å². The number of pyridine rings is 1. The minimum atomic E-state index is 0.248. The van der Waals surface area contributed by atoms with E-state index in [-0.39, 0.29) is 11.3 Å². The zero-order valence-corrected chi connectivity index (χ0v) is 12.5. The number of amides is 1. The molecule has 2 fully saturated rings. The second-order valence-electron chi connectivity index (χ2n) is 7.03. The number of hydrogen-bond acceptors (Lipinski definition) is 2. The number of nitrogens with zero attached hydrogens (tertiary/aromatic N) is 1. The lowest BCUT2D eigenvalue weighted by Gasteiger charge is -2.49. The molecule has 3 heteroatoms. The highest BCUT2D eigenvalue weighted by Gasteiger charge is 2.51. The maximum absolute atomic E-state index is 11.6. The van der Waals surface area contributed by atoms with Gasteiger partial charge in [-0.1, -0.05) is 19.1 Å². The standard InChI is InChI=1S/C18H22N2O/c1-18-9-8-16-13(4-7-17(21)20-16)15(18)6-5-14(18)12-3-2-10-19-11-12/h2-3,5,10-11,13,15-16H,4,6-9H2,1H3,(H,20,21)/t13-,15-,16-,18+/m0/s1. The van der Waals surface area contributed by atoms with Crippen LogP contribution in [0.15, 0.2) is 30.6 Å². The third-order valence-corrected chi connectivity index (χ3v) is 6.04. The van der Waals surface area contributed by atoms with Gasteiger partial charge in [-0.15, -0.1) is 0 Å². The Labute approximate surface area is 125 Å². The normalized spacial score (nSPS) is 38.2. The van der Waals surface area contributed by atoms with Gasteiger partial charge in [0.2, 0.25) is 5.91 Å². The van der Waals surface area contributed by atoms with Gasteiger partial charge in [0.05, 0.1) is 0 Å². The molecule has 4 atom stereocenters. The largest absolute Gasteiger partial charge is 0.353 e. The van der Waals surface area contributed by atoms with E-state index in [4.69, 9.17) is 0 Å². The summed E-state index contributed by atoms with van der Waals surface area (Å²) in [5.74, 6) is 1.57. The average molecular weight is 282 g/mol. The van der Waals surface area contributed by atoms with Gasteiger partial charge < -0.3 is 5.32 Å². The Kier molecular flexibility index (Phi) is 2.91. The Morgan fingerprint density at radius 2 is 2.29 bits per heavy atom. The van der Waals surface area contributed by atoms with Crippen LogP contribution in [0.5, 0.6) is 0 Å². The third kappa shape index (κ3) is 1.94. The number of hydrogen-bond donors (Lipinski definition) is 1. The van der Waals surface area contributed by atoms with Crippen LogP contribution in [0.1, 0.15) is 44.6 Å². The molecule has 0 unspecified atom stereocenters. The molecule has 0 radical (unpaired) electrons. The lowest BCUT2D eigenvalue weighted by atomic mass is 9.58. The predicted octanol–water partition coefficient (Wildman–Crippen LogP) is 3.18. The van der Waals surface area contributed by atoms with Gasteiger partial charge >= 0.3 is 0 Å². The van der Waals surface area contributed by atoms with Crippen LogP contribution < -0.4 is 5.32 Å². The fraction of sp³-hybridized carbons (Fsp3) is 0.556. The topological polar surface area (TPSA) is 42.0 Å². The van der Waals surface area contributed by atoms with Crippen molar-refractivity contribution in [1.29, 1.82) is 0 Å². The van der Waals surface area contributed by atoms with Crippen LogP contribution in [0.25, 0.3) is 5.57 Å². The number of fused-ring (bicyclic) bond motifs is 3. The molecule has 0 aromatic carbocycles. The van der Waals surface area contributed by atoms with Gasteiger partial charge in [-0.2, -0.15) is 0 Å². The van der Waals surface area contributed by atoms with Crippen molar-refractivity contribution in [2.45, 2.75) is 45.1 Å². The Morgan fingerprint density at radius 1 is 1.38 bits per heavy atom. The van der Waals surface area contributed by atoms with E-state index in [9.17, 15) is 4.79 Å². The number of nitrogens with one attached hydrogen (secondary N) is 1. The van der Waals surface area contributed by atoms with E-state index in [0.717, 1.165) is 19.3 Å². The summed E-state index contributed by atoms with van der Waals surface area (Å²) in [5, 5.41) is 3.23. The number of piperidine rings is 1. The van der Waals surface area contributed by atoms with Crippen LogP contribution in [0.3, 0.4) is 0 Å². The number of rotatable bonds is 1. The highest BCUT2D eigenvalue weighted by atomic mass is 16.1. The summed E-state index contributed by atoms with van der Waals surface area (Å²) in [6.07, 6.45) is 11.5. The first-order valence-electron chi connectivity index (χ1n) is 8.09. The summed E-state index contributed by atoms with van der Waals surface area (Å²) < 4.78 is 0. The molecule has 1 amide bonds. The van der Waals surface area contributed by atoms with E-state index in [2.05, 4.69) is 29.4 Å². The smallest absolute Gasteiger partial charge is 0.220 e. The fourth-order valence-corrected chi connectivity index (χ4v) is 4.98. The molecule has 1 saturated carbocycles. The first-order chi connectivity index (χ1) is 10.2. The molecule has 1 aromatic heterocycles. The predicted molar refractivity (Wildman–Crippen MR) is 82.3 cm³/mol. The molecule has 1 aliphatic heterocycles. The van der Waals surface area contributed by atoms with Crippen molar-refractivity contribution in [2.75, 3.05) is 0 Å². The zero-order valence-electron chi connectivity index (χ0n) is 12.5. The summed E-state index contributed by atoms with van der Waals surface area (Å²) in [4.78, 5) is 15.9. The lowest BCUT2D eigenvalue weighted by Crippen LogP contribution is -2.53. The molecule has 3 aliphatic rings. The maximum Gasteiger partial charge on any atom is 0.220 e. The van der Waals surface area contributed by atoms with Crippen molar-refractivity contribution >= 4 is 11.5 Å². The Balaban J connectivity index is 1.65. The Morgan fingerprint density at radius 3 is 3.10 bits per heavy atom. The second kappa shape index (κ2) is 4.69. The van der Waals surface area contributed by atoms with Crippen LogP contribution in [0.4, 0.5) is 0 Å². The van der Waals surface area contributed by atoms with Crippen LogP contribution in [-0.4, -0.2) is 16.9 Å². The van der Waals surface area contributed by atoms with Crippen molar-refractivity contribution in [2.24, 2.45) is 17.3 Å². The van der Waals surface area contributed by atoms with E-state index in [1.807, 2.05) is 18.5 Å². The average Bonchev–Trinajstić information content (AvgIpc) is 2.85. The number of aromatic nitrogens is 1. The summed E-state index contributed by atoms with van der Waals surface area (Å²) >= 11 is 0. The van der Waals surface area contributed by atoms with Crippen molar-refractivity contribution < 1.29 is 4.79 Å². The quantitative estimate of drug-likeness (QED) is 0.859. The molecule has 3 nitrogen and oxygen atoms in total. The van der Waals surface area contributed by atoms with Gasteiger partial charge in [0.25, 0.3) is 0 Å². The molecule has 1 aromatic rings. The first-order valence-corrected chi connectivity index (χ1v) is 8.09. The third-order valence-electron chi connectivity index (χ3n) is 6.04. The minimum Gasteiger partial charge on any atom is -0.353 e. The van der Waals surface area contributed by atoms with E-state index in [0.29, 0.717) is 24.3 Å². The van der Waals surface area contributed by atoms with Gasteiger partial charge in [-0.3, -0.25) is 9.78 Å². The van der Waals surface area contributed by atoms with Crippen molar-refractivity contribution in [1.82, 2.24) is 10.3 Å². The first kappa shape index (κ1) is 13.1. The summed E-state index contributed by atoms with van der Waals surface area (Å²) in [7, 11) is 0. The van der Waals surface area contributed by atoms with E-state index < -0.39 is 0 Å².